The van der Waals surface area contributed by atoms with Crippen molar-refractivity contribution in [2.24, 2.45) is 5.92 Å². The topological polar surface area (TPSA) is 78.9 Å². The van der Waals surface area contributed by atoms with Crippen molar-refractivity contribution in [2.75, 3.05) is 19.7 Å². The number of aliphatic hydroxyl groups excluding tert-OH is 1. The van der Waals surface area contributed by atoms with Gasteiger partial charge in [0, 0.05) is 25.9 Å². The van der Waals surface area contributed by atoms with Crippen LogP contribution in [0.25, 0.3) is 0 Å². The zero-order valence-corrected chi connectivity index (χ0v) is 22.2. The quantitative estimate of drug-likeness (QED) is 0.355. The minimum absolute atomic E-state index is 0.0685. The average Bonchev–Trinajstić information content (AvgIpc) is 2.96. The molecule has 206 valence electrons. The van der Waals surface area contributed by atoms with Gasteiger partial charge in [-0.2, -0.15) is 0 Å². The molecule has 1 aliphatic heterocycles. The number of piperidine rings is 1. The van der Waals surface area contributed by atoms with Gasteiger partial charge in [0.05, 0.1) is 12.6 Å². The van der Waals surface area contributed by atoms with Crippen molar-refractivity contribution in [1.82, 2.24) is 10.2 Å². The number of carbonyl (C=O) groups excluding carboxylic acids is 2. The number of hydrogen-bond donors (Lipinski definition) is 2. The van der Waals surface area contributed by atoms with Crippen molar-refractivity contribution in [3.63, 3.8) is 0 Å². The van der Waals surface area contributed by atoms with Gasteiger partial charge in [-0.3, -0.25) is 9.59 Å². The van der Waals surface area contributed by atoms with Crippen LogP contribution in [-0.2, 0) is 29.0 Å². The largest absolute Gasteiger partial charge is 0.489 e. The van der Waals surface area contributed by atoms with E-state index in [1.54, 1.807) is 6.07 Å². The van der Waals surface area contributed by atoms with Crippen molar-refractivity contribution in [1.29, 1.82) is 0 Å². The summed E-state index contributed by atoms with van der Waals surface area (Å²) in [6.45, 7) is 1.61. The lowest BCUT2D eigenvalue weighted by Gasteiger charge is -2.32. The number of aliphatic hydroxyl groups is 1. The fourth-order valence-corrected chi connectivity index (χ4v) is 4.95. The first-order valence-electron chi connectivity index (χ1n) is 13.7. The number of halogens is 1. The fraction of sp³-hybridized carbons (Fsp3) is 0.375. The van der Waals surface area contributed by atoms with Gasteiger partial charge in [0.2, 0.25) is 11.8 Å². The van der Waals surface area contributed by atoms with Gasteiger partial charge in [0.15, 0.2) is 0 Å². The Morgan fingerprint density at radius 1 is 0.949 bits per heavy atom. The predicted octanol–water partition coefficient (Wildman–Crippen LogP) is 4.69. The van der Waals surface area contributed by atoms with E-state index in [0.29, 0.717) is 45.4 Å². The fourth-order valence-electron chi connectivity index (χ4n) is 4.95. The monoisotopic (exact) mass is 532 g/mol. The van der Waals surface area contributed by atoms with Gasteiger partial charge in [0.1, 0.15) is 18.2 Å². The maximum absolute atomic E-state index is 13.3. The zero-order valence-electron chi connectivity index (χ0n) is 22.2. The molecule has 4 rings (SSSR count). The second-order valence-electron chi connectivity index (χ2n) is 10.2. The van der Waals surface area contributed by atoms with Crippen LogP contribution in [0.1, 0.15) is 42.4 Å². The SMILES string of the molecule is O=C(CC1CCN(C(=O)CCc2cccc(F)c2)CC1)NC(CO)Cc1ccc(OCc2ccccc2)cc1. The third kappa shape index (κ3) is 9.21. The molecule has 1 fully saturated rings. The summed E-state index contributed by atoms with van der Waals surface area (Å²) in [6.07, 6.45) is 3.33. The van der Waals surface area contributed by atoms with Crippen molar-refractivity contribution in [3.05, 3.63) is 101 Å². The summed E-state index contributed by atoms with van der Waals surface area (Å²) in [5.74, 6) is 0.680. The molecule has 1 unspecified atom stereocenters. The Labute approximate surface area is 229 Å². The highest BCUT2D eigenvalue weighted by atomic mass is 19.1. The number of ether oxygens (including phenoxy) is 1. The van der Waals surface area contributed by atoms with E-state index in [0.717, 1.165) is 35.3 Å². The van der Waals surface area contributed by atoms with Crippen LogP contribution in [0.15, 0.2) is 78.9 Å². The number of nitrogens with one attached hydrogen (secondary N) is 1. The molecule has 0 aromatic heterocycles. The minimum Gasteiger partial charge on any atom is -0.489 e. The molecular weight excluding hydrogens is 495 g/mol. The normalized spacial score (nSPS) is 14.6. The molecule has 0 radical (unpaired) electrons. The van der Waals surface area contributed by atoms with Gasteiger partial charge in [-0.1, -0.05) is 54.6 Å². The summed E-state index contributed by atoms with van der Waals surface area (Å²) < 4.78 is 19.2. The van der Waals surface area contributed by atoms with Crippen LogP contribution in [0.3, 0.4) is 0 Å². The standard InChI is InChI=1S/C32H37FN2O4/c33-28-8-4-7-24(19-28)11-14-32(38)35-17-15-26(16-18-35)21-31(37)34-29(22-36)20-25-9-12-30(13-10-25)39-23-27-5-2-1-3-6-27/h1-10,12-13,19,26,29,36H,11,14-18,20-23H2,(H,34,37). The van der Waals surface area contributed by atoms with E-state index in [4.69, 9.17) is 4.74 Å². The molecule has 1 aliphatic rings. The smallest absolute Gasteiger partial charge is 0.222 e. The second-order valence-corrected chi connectivity index (χ2v) is 10.2. The molecule has 1 atom stereocenters. The zero-order chi connectivity index (χ0) is 27.5. The molecule has 39 heavy (non-hydrogen) atoms. The number of rotatable bonds is 12. The van der Waals surface area contributed by atoms with E-state index in [1.165, 1.54) is 12.1 Å². The van der Waals surface area contributed by atoms with Crippen LogP contribution < -0.4 is 10.1 Å². The minimum atomic E-state index is -0.363. The average molecular weight is 533 g/mol. The molecule has 0 spiro atoms. The maximum Gasteiger partial charge on any atom is 0.222 e. The predicted molar refractivity (Wildman–Crippen MR) is 149 cm³/mol. The highest BCUT2D eigenvalue weighted by Crippen LogP contribution is 2.22. The lowest BCUT2D eigenvalue weighted by Crippen LogP contribution is -2.42. The lowest BCUT2D eigenvalue weighted by atomic mass is 9.92. The molecule has 7 heteroatoms. The Bertz CT molecular complexity index is 1190. The van der Waals surface area contributed by atoms with Gasteiger partial charge in [-0.15, -0.1) is 0 Å². The Morgan fingerprint density at radius 3 is 2.36 bits per heavy atom. The number of hydrogen-bond acceptors (Lipinski definition) is 4. The molecule has 3 aromatic carbocycles. The summed E-state index contributed by atoms with van der Waals surface area (Å²) in [5, 5.41) is 12.8. The van der Waals surface area contributed by atoms with Crippen LogP contribution in [0.4, 0.5) is 4.39 Å². The van der Waals surface area contributed by atoms with E-state index in [1.807, 2.05) is 65.6 Å². The summed E-state index contributed by atoms with van der Waals surface area (Å²) in [5.41, 5.74) is 2.93. The number of amides is 2. The molecule has 0 aliphatic carbocycles. The molecule has 6 nitrogen and oxygen atoms in total. The summed E-state index contributed by atoms with van der Waals surface area (Å²) in [7, 11) is 0. The van der Waals surface area contributed by atoms with E-state index < -0.39 is 0 Å². The Kier molecular flexibility index (Phi) is 10.5. The molecule has 2 N–H and O–H groups in total. The van der Waals surface area contributed by atoms with Crippen molar-refractivity contribution in [2.45, 2.75) is 51.2 Å². The van der Waals surface area contributed by atoms with Gasteiger partial charge in [-0.05, 0) is 72.6 Å². The summed E-state index contributed by atoms with van der Waals surface area (Å²) in [4.78, 5) is 27.1. The van der Waals surface area contributed by atoms with Crippen molar-refractivity contribution in [3.8, 4) is 5.75 Å². The molecule has 0 bridgehead atoms. The van der Waals surface area contributed by atoms with Crippen LogP contribution in [0, 0.1) is 11.7 Å². The molecule has 1 heterocycles. The number of benzene rings is 3. The molecule has 0 saturated carbocycles. The molecule has 1 saturated heterocycles. The third-order valence-electron chi connectivity index (χ3n) is 7.20. The third-order valence-corrected chi connectivity index (χ3v) is 7.20. The second kappa shape index (κ2) is 14.4. The molecule has 2 amide bonds. The number of carbonyl (C=O) groups is 2. The van der Waals surface area contributed by atoms with Crippen molar-refractivity contribution < 1.29 is 23.8 Å². The lowest BCUT2D eigenvalue weighted by molar-refractivity contribution is -0.132. The number of aryl methyl sites for hydroxylation is 1. The molecular formula is C32H37FN2O4. The summed E-state index contributed by atoms with van der Waals surface area (Å²) in [6, 6.07) is 23.7. The first kappa shape index (κ1) is 28.3. The van der Waals surface area contributed by atoms with Crippen LogP contribution >= 0.6 is 0 Å². The number of nitrogens with zero attached hydrogens (tertiary/aromatic N) is 1. The van der Waals surface area contributed by atoms with Crippen LogP contribution in [-0.4, -0.2) is 47.6 Å². The Hall–Kier alpha value is -3.71. The van der Waals surface area contributed by atoms with Gasteiger partial charge in [-0.25, -0.2) is 4.39 Å². The van der Waals surface area contributed by atoms with E-state index in [9.17, 15) is 19.1 Å². The van der Waals surface area contributed by atoms with Gasteiger partial charge < -0.3 is 20.1 Å². The van der Waals surface area contributed by atoms with Crippen molar-refractivity contribution >= 4 is 11.8 Å². The molecule has 3 aromatic rings. The van der Waals surface area contributed by atoms with Crippen LogP contribution in [0.5, 0.6) is 5.75 Å². The highest BCUT2D eigenvalue weighted by Gasteiger charge is 2.25. The maximum atomic E-state index is 13.3. The van der Waals surface area contributed by atoms with E-state index in [-0.39, 0.29) is 36.2 Å². The Balaban J connectivity index is 1.15. The first-order valence-corrected chi connectivity index (χ1v) is 13.7. The highest BCUT2D eigenvalue weighted by molar-refractivity contribution is 5.77. The Morgan fingerprint density at radius 2 is 1.67 bits per heavy atom. The first-order chi connectivity index (χ1) is 19.0. The summed E-state index contributed by atoms with van der Waals surface area (Å²) >= 11 is 0. The van der Waals surface area contributed by atoms with E-state index >= 15 is 0 Å². The van der Waals surface area contributed by atoms with Gasteiger partial charge in [0.25, 0.3) is 0 Å². The van der Waals surface area contributed by atoms with E-state index in [2.05, 4.69) is 5.32 Å². The van der Waals surface area contributed by atoms with Crippen LogP contribution in [0.2, 0.25) is 0 Å². The number of likely N-dealkylation sites (tertiary alicyclic amines) is 1. The van der Waals surface area contributed by atoms with Gasteiger partial charge >= 0.3 is 0 Å².